The Kier molecular flexibility index (Phi) is 4.76. The van der Waals surface area contributed by atoms with E-state index in [0.717, 1.165) is 36.9 Å². The summed E-state index contributed by atoms with van der Waals surface area (Å²) in [5, 5.41) is 8.72. The first-order valence-corrected chi connectivity index (χ1v) is 6.63. The molecule has 0 spiro atoms. The van der Waals surface area contributed by atoms with Crippen LogP contribution in [0.15, 0.2) is 22.6 Å². The summed E-state index contributed by atoms with van der Waals surface area (Å²) in [6.07, 6.45) is 2.99. The van der Waals surface area contributed by atoms with Gasteiger partial charge in [-0.3, -0.25) is 4.90 Å². The molecule has 0 fully saturated rings. The van der Waals surface area contributed by atoms with Crippen LogP contribution in [0.3, 0.4) is 0 Å². The van der Waals surface area contributed by atoms with Crippen molar-refractivity contribution in [1.82, 2.24) is 9.88 Å². The quantitative estimate of drug-likeness (QED) is 0.590. The summed E-state index contributed by atoms with van der Waals surface area (Å²) in [4.78, 5) is 6.60. The van der Waals surface area contributed by atoms with E-state index in [1.54, 1.807) is 0 Å². The second kappa shape index (κ2) is 6.54. The van der Waals surface area contributed by atoms with Crippen molar-refractivity contribution < 1.29 is 9.52 Å². The summed E-state index contributed by atoms with van der Waals surface area (Å²) in [6, 6.07) is 5.49. The van der Waals surface area contributed by atoms with Gasteiger partial charge in [0.2, 0.25) is 5.89 Å². The molecule has 19 heavy (non-hydrogen) atoms. The lowest BCUT2D eigenvalue weighted by molar-refractivity contribution is 0.262. The van der Waals surface area contributed by atoms with E-state index < -0.39 is 0 Å². The Morgan fingerprint density at radius 3 is 2.95 bits per heavy atom. The first-order chi connectivity index (χ1) is 9.19. The van der Waals surface area contributed by atoms with Gasteiger partial charge >= 0.3 is 0 Å². The third-order valence-electron chi connectivity index (χ3n) is 3.06. The molecule has 0 radical (unpaired) electrons. The highest BCUT2D eigenvalue weighted by molar-refractivity contribution is 5.76. The summed E-state index contributed by atoms with van der Waals surface area (Å²) in [5.74, 6) is 0.713. The van der Waals surface area contributed by atoms with Crippen molar-refractivity contribution >= 4 is 16.8 Å². The molecule has 0 aliphatic rings. The number of aliphatic hydroxyl groups is 1. The highest BCUT2D eigenvalue weighted by Crippen LogP contribution is 2.19. The average Bonchev–Trinajstić information content (AvgIpc) is 2.76. The van der Waals surface area contributed by atoms with Crippen LogP contribution < -0.4 is 5.73 Å². The first kappa shape index (κ1) is 13.8. The highest BCUT2D eigenvalue weighted by Gasteiger charge is 2.08. The molecule has 1 aromatic heterocycles. The second-order valence-corrected chi connectivity index (χ2v) is 4.86. The van der Waals surface area contributed by atoms with Crippen molar-refractivity contribution in [3.8, 4) is 0 Å². The molecule has 0 saturated heterocycles. The van der Waals surface area contributed by atoms with Crippen molar-refractivity contribution in [2.75, 3.05) is 25.9 Å². The van der Waals surface area contributed by atoms with Crippen LogP contribution in [0.1, 0.15) is 25.2 Å². The number of fused-ring (bicyclic) bond motifs is 1. The Morgan fingerprint density at radius 1 is 1.32 bits per heavy atom. The molecule has 0 aliphatic carbocycles. The minimum atomic E-state index is 0.274. The minimum absolute atomic E-state index is 0.274. The highest BCUT2D eigenvalue weighted by atomic mass is 16.3. The molecule has 0 atom stereocenters. The van der Waals surface area contributed by atoms with Crippen LogP contribution in [0.5, 0.6) is 0 Å². The Hall–Kier alpha value is -1.59. The molecule has 1 aromatic carbocycles. The van der Waals surface area contributed by atoms with Crippen LogP contribution in [0.25, 0.3) is 11.1 Å². The van der Waals surface area contributed by atoms with Gasteiger partial charge in [-0.1, -0.05) is 0 Å². The number of nitrogen functional groups attached to an aromatic ring is 1. The van der Waals surface area contributed by atoms with E-state index in [-0.39, 0.29) is 6.61 Å². The zero-order valence-corrected chi connectivity index (χ0v) is 11.3. The SMILES string of the molecule is CN(CCCCCO)Cc1nc2cc(N)ccc2o1. The number of unbranched alkanes of at least 4 members (excludes halogenated alkanes) is 2. The zero-order chi connectivity index (χ0) is 13.7. The summed E-state index contributed by atoms with van der Waals surface area (Å²) in [6.45, 7) is 1.94. The van der Waals surface area contributed by atoms with E-state index >= 15 is 0 Å². The summed E-state index contributed by atoms with van der Waals surface area (Å²) < 4.78 is 5.67. The molecule has 0 saturated carbocycles. The molecule has 104 valence electrons. The Morgan fingerprint density at radius 2 is 2.16 bits per heavy atom. The number of nitrogens with two attached hydrogens (primary N) is 1. The van der Waals surface area contributed by atoms with Gasteiger partial charge in [0.1, 0.15) is 5.52 Å². The van der Waals surface area contributed by atoms with E-state index in [9.17, 15) is 0 Å². The van der Waals surface area contributed by atoms with Crippen LogP contribution >= 0.6 is 0 Å². The number of nitrogens with zero attached hydrogens (tertiary/aromatic N) is 2. The fourth-order valence-corrected chi connectivity index (χ4v) is 2.04. The number of aliphatic hydroxyl groups excluding tert-OH is 1. The van der Waals surface area contributed by atoms with Crippen LogP contribution in [0, 0.1) is 0 Å². The Labute approximate surface area is 113 Å². The molecular weight excluding hydrogens is 242 g/mol. The molecule has 5 heteroatoms. The van der Waals surface area contributed by atoms with Crippen molar-refractivity contribution in [3.63, 3.8) is 0 Å². The number of anilines is 1. The van der Waals surface area contributed by atoms with Gasteiger partial charge in [0.05, 0.1) is 6.54 Å². The lowest BCUT2D eigenvalue weighted by Gasteiger charge is -2.13. The van der Waals surface area contributed by atoms with Crippen molar-refractivity contribution in [2.45, 2.75) is 25.8 Å². The number of aromatic nitrogens is 1. The molecule has 3 N–H and O–H groups in total. The normalized spacial score (nSPS) is 11.5. The number of hydrogen-bond donors (Lipinski definition) is 2. The molecule has 5 nitrogen and oxygen atoms in total. The summed E-state index contributed by atoms with van der Waals surface area (Å²) in [5.41, 5.74) is 8.00. The van der Waals surface area contributed by atoms with E-state index in [1.807, 2.05) is 25.2 Å². The van der Waals surface area contributed by atoms with Gasteiger partial charge in [0, 0.05) is 12.3 Å². The monoisotopic (exact) mass is 263 g/mol. The van der Waals surface area contributed by atoms with E-state index in [4.69, 9.17) is 15.3 Å². The number of rotatable bonds is 7. The fraction of sp³-hybridized carbons (Fsp3) is 0.500. The zero-order valence-electron chi connectivity index (χ0n) is 11.3. The van der Waals surface area contributed by atoms with Crippen LogP contribution in [0.4, 0.5) is 5.69 Å². The lowest BCUT2D eigenvalue weighted by atomic mass is 10.2. The topological polar surface area (TPSA) is 75.5 Å². The van der Waals surface area contributed by atoms with Crippen LogP contribution in [-0.2, 0) is 6.54 Å². The predicted octanol–water partition coefficient (Wildman–Crippen LogP) is 2.00. The maximum atomic E-state index is 8.72. The van der Waals surface area contributed by atoms with Gasteiger partial charge in [0.25, 0.3) is 0 Å². The second-order valence-electron chi connectivity index (χ2n) is 4.86. The smallest absolute Gasteiger partial charge is 0.209 e. The number of oxazole rings is 1. The van der Waals surface area contributed by atoms with Gasteiger partial charge in [-0.05, 0) is 51.1 Å². The van der Waals surface area contributed by atoms with Crippen molar-refractivity contribution in [2.24, 2.45) is 0 Å². The minimum Gasteiger partial charge on any atom is -0.439 e. The summed E-state index contributed by atoms with van der Waals surface area (Å²) in [7, 11) is 2.04. The molecule has 1 heterocycles. The van der Waals surface area contributed by atoms with Crippen LogP contribution in [-0.4, -0.2) is 35.2 Å². The standard InChI is InChI=1S/C14H21N3O2/c1-17(7-3-2-4-8-18)10-14-16-12-9-11(15)5-6-13(12)19-14/h5-6,9,18H,2-4,7-8,10,15H2,1H3. The van der Waals surface area contributed by atoms with Gasteiger partial charge in [-0.25, -0.2) is 4.98 Å². The van der Waals surface area contributed by atoms with E-state index in [1.165, 1.54) is 0 Å². The molecule has 0 aliphatic heterocycles. The average molecular weight is 263 g/mol. The maximum Gasteiger partial charge on any atom is 0.209 e. The molecule has 0 bridgehead atoms. The van der Waals surface area contributed by atoms with Crippen molar-refractivity contribution in [1.29, 1.82) is 0 Å². The number of benzene rings is 1. The molecule has 2 aromatic rings. The van der Waals surface area contributed by atoms with Gasteiger partial charge in [-0.15, -0.1) is 0 Å². The van der Waals surface area contributed by atoms with Gasteiger partial charge in [0.15, 0.2) is 5.58 Å². The summed E-state index contributed by atoms with van der Waals surface area (Å²) >= 11 is 0. The molecule has 0 amide bonds. The number of hydrogen-bond acceptors (Lipinski definition) is 5. The Balaban J connectivity index is 1.89. The van der Waals surface area contributed by atoms with E-state index in [2.05, 4.69) is 9.88 Å². The van der Waals surface area contributed by atoms with Gasteiger partial charge in [-0.2, -0.15) is 0 Å². The molecule has 0 unspecified atom stereocenters. The predicted molar refractivity (Wildman–Crippen MR) is 75.7 cm³/mol. The van der Waals surface area contributed by atoms with Crippen LogP contribution in [0.2, 0.25) is 0 Å². The van der Waals surface area contributed by atoms with E-state index in [0.29, 0.717) is 18.1 Å². The van der Waals surface area contributed by atoms with Gasteiger partial charge < -0.3 is 15.3 Å². The van der Waals surface area contributed by atoms with Crippen molar-refractivity contribution in [3.05, 3.63) is 24.1 Å². The fourth-order valence-electron chi connectivity index (χ4n) is 2.04. The molecular formula is C14H21N3O2. The first-order valence-electron chi connectivity index (χ1n) is 6.63. The Bertz CT molecular complexity index is 524. The maximum absolute atomic E-state index is 8.72. The third-order valence-corrected chi connectivity index (χ3v) is 3.06. The largest absolute Gasteiger partial charge is 0.439 e. The lowest BCUT2D eigenvalue weighted by Crippen LogP contribution is -2.19. The molecule has 2 rings (SSSR count). The third kappa shape index (κ3) is 3.94.